The number of hydrogen-bond donors (Lipinski definition) is 0. The van der Waals surface area contributed by atoms with Gasteiger partial charge in [0.2, 0.25) is 0 Å². The van der Waals surface area contributed by atoms with E-state index in [1.165, 1.54) is 15.6 Å². The van der Waals surface area contributed by atoms with Crippen LogP contribution in [0.5, 0.6) is 0 Å². The Morgan fingerprint density at radius 2 is 2.46 bits per heavy atom. The minimum Gasteiger partial charge on any atom is -0.285 e. The second-order valence-corrected chi connectivity index (χ2v) is 3.79. The summed E-state index contributed by atoms with van der Waals surface area (Å²) in [7, 11) is 1.69. The SMILES string of the molecule is Cn1cnn(Cc2cccs2)c1=O. The minimum absolute atomic E-state index is 0.0756. The molecule has 5 heteroatoms. The van der Waals surface area contributed by atoms with E-state index in [4.69, 9.17) is 0 Å². The van der Waals surface area contributed by atoms with Crippen molar-refractivity contribution in [3.05, 3.63) is 39.2 Å². The van der Waals surface area contributed by atoms with Crippen molar-refractivity contribution >= 4 is 11.3 Å². The summed E-state index contributed by atoms with van der Waals surface area (Å²) >= 11 is 1.63. The van der Waals surface area contributed by atoms with E-state index in [0.717, 1.165) is 4.88 Å². The van der Waals surface area contributed by atoms with Gasteiger partial charge in [0, 0.05) is 11.9 Å². The molecule has 2 heterocycles. The van der Waals surface area contributed by atoms with E-state index in [2.05, 4.69) is 5.10 Å². The van der Waals surface area contributed by atoms with Gasteiger partial charge in [-0.2, -0.15) is 5.10 Å². The zero-order valence-corrected chi connectivity index (χ0v) is 7.99. The Morgan fingerprint density at radius 1 is 1.62 bits per heavy atom. The molecule has 0 aliphatic rings. The highest BCUT2D eigenvalue weighted by molar-refractivity contribution is 7.09. The number of rotatable bonds is 2. The van der Waals surface area contributed by atoms with E-state index in [1.54, 1.807) is 18.4 Å². The average Bonchev–Trinajstić information content (AvgIpc) is 2.71. The van der Waals surface area contributed by atoms with Crippen molar-refractivity contribution in [3.63, 3.8) is 0 Å². The average molecular weight is 195 g/mol. The van der Waals surface area contributed by atoms with Crippen LogP contribution in [0.1, 0.15) is 4.88 Å². The van der Waals surface area contributed by atoms with Gasteiger partial charge in [0.25, 0.3) is 0 Å². The van der Waals surface area contributed by atoms with Gasteiger partial charge in [0.15, 0.2) is 0 Å². The lowest BCUT2D eigenvalue weighted by atomic mass is 10.5. The predicted octanol–water partition coefficient (Wildman–Crippen LogP) is 0.692. The molecule has 0 fully saturated rings. The summed E-state index contributed by atoms with van der Waals surface area (Å²) in [5.74, 6) is 0. The molecule has 13 heavy (non-hydrogen) atoms. The summed E-state index contributed by atoms with van der Waals surface area (Å²) in [4.78, 5) is 12.5. The van der Waals surface area contributed by atoms with Gasteiger partial charge in [-0.05, 0) is 11.4 Å². The van der Waals surface area contributed by atoms with Crippen LogP contribution in [0, 0.1) is 0 Å². The van der Waals surface area contributed by atoms with E-state index in [0.29, 0.717) is 6.54 Å². The van der Waals surface area contributed by atoms with Gasteiger partial charge in [0.05, 0.1) is 6.54 Å². The predicted molar refractivity (Wildman–Crippen MR) is 50.9 cm³/mol. The number of thiophene rings is 1. The molecule has 0 aliphatic carbocycles. The smallest absolute Gasteiger partial charge is 0.285 e. The van der Waals surface area contributed by atoms with E-state index in [1.807, 2.05) is 17.5 Å². The number of aromatic nitrogens is 3. The second-order valence-electron chi connectivity index (χ2n) is 2.76. The van der Waals surface area contributed by atoms with Gasteiger partial charge in [-0.1, -0.05) is 6.07 Å². The fourth-order valence-corrected chi connectivity index (χ4v) is 1.77. The maximum absolute atomic E-state index is 11.4. The van der Waals surface area contributed by atoms with Crippen LogP contribution >= 0.6 is 11.3 Å². The zero-order chi connectivity index (χ0) is 9.26. The van der Waals surface area contributed by atoms with Gasteiger partial charge in [-0.25, -0.2) is 9.48 Å². The fourth-order valence-electron chi connectivity index (χ4n) is 1.08. The lowest BCUT2D eigenvalue weighted by molar-refractivity contribution is 0.653. The topological polar surface area (TPSA) is 39.8 Å². The third-order valence-electron chi connectivity index (χ3n) is 1.77. The molecule has 0 saturated carbocycles. The van der Waals surface area contributed by atoms with Crippen LogP contribution in [0.3, 0.4) is 0 Å². The van der Waals surface area contributed by atoms with Crippen molar-refractivity contribution in [2.24, 2.45) is 7.05 Å². The zero-order valence-electron chi connectivity index (χ0n) is 7.17. The van der Waals surface area contributed by atoms with Crippen LogP contribution < -0.4 is 5.69 Å². The summed E-state index contributed by atoms with van der Waals surface area (Å²) in [5, 5.41) is 5.95. The minimum atomic E-state index is -0.0756. The molecule has 2 aromatic heterocycles. The third-order valence-corrected chi connectivity index (χ3v) is 2.63. The number of nitrogens with zero attached hydrogens (tertiary/aromatic N) is 3. The largest absolute Gasteiger partial charge is 0.345 e. The van der Waals surface area contributed by atoms with Gasteiger partial charge < -0.3 is 0 Å². The quantitative estimate of drug-likeness (QED) is 0.707. The van der Waals surface area contributed by atoms with Crippen LogP contribution in [0.4, 0.5) is 0 Å². The summed E-state index contributed by atoms with van der Waals surface area (Å²) in [6, 6.07) is 3.96. The molecule has 0 bridgehead atoms. The molecule has 0 aliphatic heterocycles. The maximum atomic E-state index is 11.4. The Kier molecular flexibility index (Phi) is 2.02. The highest BCUT2D eigenvalue weighted by Crippen LogP contribution is 2.08. The molecule has 0 amide bonds. The lowest BCUT2D eigenvalue weighted by Gasteiger charge is -1.94. The molecule has 0 N–H and O–H groups in total. The molecule has 2 rings (SSSR count). The lowest BCUT2D eigenvalue weighted by Crippen LogP contribution is -2.23. The first kappa shape index (κ1) is 8.25. The Hall–Kier alpha value is -1.36. The van der Waals surface area contributed by atoms with Crippen LogP contribution in [-0.2, 0) is 13.6 Å². The highest BCUT2D eigenvalue weighted by atomic mass is 32.1. The van der Waals surface area contributed by atoms with E-state index >= 15 is 0 Å². The number of hydrogen-bond acceptors (Lipinski definition) is 3. The van der Waals surface area contributed by atoms with Crippen LogP contribution in [0.2, 0.25) is 0 Å². The van der Waals surface area contributed by atoms with Crippen LogP contribution in [-0.4, -0.2) is 14.3 Å². The van der Waals surface area contributed by atoms with E-state index in [-0.39, 0.29) is 5.69 Å². The Balaban J connectivity index is 2.29. The monoisotopic (exact) mass is 195 g/mol. The molecular formula is C8H9N3OS. The van der Waals surface area contributed by atoms with Gasteiger partial charge in [-0.3, -0.25) is 4.57 Å². The van der Waals surface area contributed by atoms with Crippen molar-refractivity contribution < 1.29 is 0 Å². The maximum Gasteiger partial charge on any atom is 0.345 e. The molecule has 0 radical (unpaired) electrons. The van der Waals surface area contributed by atoms with Gasteiger partial charge in [0.1, 0.15) is 6.33 Å². The molecular weight excluding hydrogens is 186 g/mol. The summed E-state index contributed by atoms with van der Waals surface area (Å²) in [6.45, 7) is 0.567. The fraction of sp³-hybridized carbons (Fsp3) is 0.250. The molecule has 68 valence electrons. The molecule has 0 saturated heterocycles. The van der Waals surface area contributed by atoms with Crippen molar-refractivity contribution in [2.45, 2.75) is 6.54 Å². The van der Waals surface area contributed by atoms with Crippen molar-refractivity contribution in [1.82, 2.24) is 14.3 Å². The molecule has 0 spiro atoms. The summed E-state index contributed by atoms with van der Waals surface area (Å²) in [6.07, 6.45) is 1.52. The molecule has 0 unspecified atom stereocenters. The summed E-state index contributed by atoms with van der Waals surface area (Å²) in [5.41, 5.74) is -0.0756. The van der Waals surface area contributed by atoms with E-state index in [9.17, 15) is 4.79 Å². The van der Waals surface area contributed by atoms with Crippen LogP contribution in [0.25, 0.3) is 0 Å². The molecule has 0 aromatic carbocycles. The van der Waals surface area contributed by atoms with Crippen molar-refractivity contribution in [1.29, 1.82) is 0 Å². The first-order chi connectivity index (χ1) is 6.27. The number of aryl methyl sites for hydroxylation is 1. The van der Waals surface area contributed by atoms with Crippen molar-refractivity contribution in [3.8, 4) is 0 Å². The molecule has 0 atom stereocenters. The van der Waals surface area contributed by atoms with Crippen molar-refractivity contribution in [2.75, 3.05) is 0 Å². The molecule has 2 aromatic rings. The normalized spacial score (nSPS) is 10.5. The van der Waals surface area contributed by atoms with Crippen LogP contribution in [0.15, 0.2) is 28.6 Å². The Labute approximate surface area is 79.1 Å². The first-order valence-corrected chi connectivity index (χ1v) is 4.76. The standard InChI is InChI=1S/C8H9N3OS/c1-10-6-9-11(8(10)12)5-7-3-2-4-13-7/h2-4,6H,5H2,1H3. The van der Waals surface area contributed by atoms with Gasteiger partial charge >= 0.3 is 5.69 Å². The molecule has 4 nitrogen and oxygen atoms in total. The Bertz CT molecular complexity index is 440. The Morgan fingerprint density at radius 3 is 3.00 bits per heavy atom. The second kappa shape index (κ2) is 3.18. The van der Waals surface area contributed by atoms with Gasteiger partial charge in [-0.15, -0.1) is 11.3 Å². The summed E-state index contributed by atoms with van der Waals surface area (Å²) < 4.78 is 2.92. The first-order valence-electron chi connectivity index (χ1n) is 3.88. The third kappa shape index (κ3) is 1.55. The highest BCUT2D eigenvalue weighted by Gasteiger charge is 2.02. The van der Waals surface area contributed by atoms with E-state index < -0.39 is 0 Å².